The number of ether oxygens (including phenoxy) is 2. The maximum atomic E-state index is 10.9. The summed E-state index contributed by atoms with van der Waals surface area (Å²) in [5.41, 5.74) is 0. The molecule has 0 atom stereocenters. The van der Waals surface area contributed by atoms with Gasteiger partial charge in [-0.05, 0) is 6.42 Å². The van der Waals surface area contributed by atoms with E-state index in [9.17, 15) is 9.59 Å². The van der Waals surface area contributed by atoms with Gasteiger partial charge in [0.05, 0.1) is 6.61 Å². The second-order valence-electron chi connectivity index (χ2n) is 3.87. The molecule has 0 fully saturated rings. The maximum Gasteiger partial charge on any atom is 0.331 e. The Hall–Kier alpha value is -1.36. The van der Waals surface area contributed by atoms with Crippen LogP contribution in [0.25, 0.3) is 0 Å². The van der Waals surface area contributed by atoms with Crippen LogP contribution in [0.3, 0.4) is 0 Å². The van der Waals surface area contributed by atoms with E-state index in [1.165, 1.54) is 19.3 Å². The molecule has 0 aromatic rings. The van der Waals surface area contributed by atoms with Crippen molar-refractivity contribution < 1.29 is 24.2 Å². The lowest BCUT2D eigenvalue weighted by Crippen LogP contribution is -2.06. The number of hydrogen-bond acceptors (Lipinski definition) is 4. The highest BCUT2D eigenvalue weighted by molar-refractivity contribution is 5.90. The standard InChI is InChI=1S/C13H22O5/c1-2-3-4-5-9-17-10-6-11-18-13(16)8-7-12(14)15/h7-8H,2-6,9-11H2,1H3,(H,14,15)/b8-7-. The Morgan fingerprint density at radius 1 is 1.00 bits per heavy atom. The van der Waals surface area contributed by atoms with Gasteiger partial charge in [-0.3, -0.25) is 0 Å². The summed E-state index contributed by atoms with van der Waals surface area (Å²) < 4.78 is 10.1. The Morgan fingerprint density at radius 2 is 1.72 bits per heavy atom. The van der Waals surface area contributed by atoms with Crippen molar-refractivity contribution in [3.8, 4) is 0 Å². The molecule has 0 amide bonds. The molecule has 0 saturated heterocycles. The Labute approximate surface area is 108 Å². The monoisotopic (exact) mass is 258 g/mol. The van der Waals surface area contributed by atoms with Crippen LogP contribution < -0.4 is 0 Å². The molecule has 104 valence electrons. The van der Waals surface area contributed by atoms with Crippen LogP contribution in [0.1, 0.15) is 39.0 Å². The summed E-state index contributed by atoms with van der Waals surface area (Å²) in [4.78, 5) is 21.1. The number of esters is 1. The van der Waals surface area contributed by atoms with E-state index >= 15 is 0 Å². The number of carboxylic acids is 1. The lowest BCUT2D eigenvalue weighted by atomic mass is 10.2. The first-order chi connectivity index (χ1) is 8.66. The average Bonchev–Trinajstić information content (AvgIpc) is 2.34. The Morgan fingerprint density at radius 3 is 2.39 bits per heavy atom. The van der Waals surface area contributed by atoms with Crippen molar-refractivity contribution in [1.29, 1.82) is 0 Å². The molecule has 0 heterocycles. The number of carboxylic acid groups (broad SMARTS) is 1. The zero-order valence-corrected chi connectivity index (χ0v) is 10.9. The SMILES string of the molecule is CCCCCCOCCCOC(=O)/C=C\C(=O)O. The van der Waals surface area contributed by atoms with Crippen molar-refractivity contribution >= 4 is 11.9 Å². The van der Waals surface area contributed by atoms with Crippen molar-refractivity contribution in [2.45, 2.75) is 39.0 Å². The Kier molecular flexibility index (Phi) is 11.2. The van der Waals surface area contributed by atoms with E-state index in [2.05, 4.69) is 6.92 Å². The molecule has 0 aromatic carbocycles. The fourth-order valence-electron chi connectivity index (χ4n) is 1.25. The second kappa shape index (κ2) is 12.1. The van der Waals surface area contributed by atoms with Gasteiger partial charge in [-0.15, -0.1) is 0 Å². The Balaban J connectivity index is 3.25. The molecule has 0 unspecified atom stereocenters. The van der Waals surface area contributed by atoms with Gasteiger partial charge in [-0.25, -0.2) is 9.59 Å². The smallest absolute Gasteiger partial charge is 0.331 e. The van der Waals surface area contributed by atoms with Gasteiger partial charge in [0.1, 0.15) is 0 Å². The molecular formula is C13H22O5. The minimum absolute atomic E-state index is 0.248. The molecule has 0 saturated carbocycles. The summed E-state index contributed by atoms with van der Waals surface area (Å²) in [5.74, 6) is -1.80. The molecule has 0 bridgehead atoms. The van der Waals surface area contributed by atoms with E-state index in [4.69, 9.17) is 14.6 Å². The quantitative estimate of drug-likeness (QED) is 0.349. The fraction of sp³-hybridized carbons (Fsp3) is 0.692. The van der Waals surface area contributed by atoms with E-state index in [1.54, 1.807) is 0 Å². The lowest BCUT2D eigenvalue weighted by Gasteiger charge is -2.04. The predicted octanol–water partition coefficient (Wildman–Crippen LogP) is 2.16. The molecule has 0 rings (SSSR count). The molecular weight excluding hydrogens is 236 g/mol. The maximum absolute atomic E-state index is 10.9. The van der Waals surface area contributed by atoms with Crippen LogP contribution in [0.15, 0.2) is 12.2 Å². The summed E-state index contributed by atoms with van der Waals surface area (Å²) in [6.45, 7) is 3.71. The number of carbonyl (C=O) groups excluding carboxylic acids is 1. The number of aliphatic carboxylic acids is 1. The third-order valence-electron chi connectivity index (χ3n) is 2.18. The molecule has 0 aliphatic heterocycles. The predicted molar refractivity (Wildman–Crippen MR) is 67.3 cm³/mol. The van der Waals surface area contributed by atoms with Gasteiger partial charge in [0.15, 0.2) is 0 Å². The first-order valence-electron chi connectivity index (χ1n) is 6.32. The van der Waals surface area contributed by atoms with E-state index in [0.717, 1.165) is 25.2 Å². The van der Waals surface area contributed by atoms with Crippen molar-refractivity contribution in [1.82, 2.24) is 0 Å². The normalized spacial score (nSPS) is 10.7. The second-order valence-corrected chi connectivity index (χ2v) is 3.87. The molecule has 0 spiro atoms. The van der Waals surface area contributed by atoms with Crippen LogP contribution in [-0.4, -0.2) is 36.9 Å². The topological polar surface area (TPSA) is 72.8 Å². The van der Waals surface area contributed by atoms with Crippen molar-refractivity contribution in [2.24, 2.45) is 0 Å². The van der Waals surface area contributed by atoms with Crippen LogP contribution >= 0.6 is 0 Å². The van der Waals surface area contributed by atoms with E-state index < -0.39 is 11.9 Å². The van der Waals surface area contributed by atoms with Gasteiger partial charge in [0, 0.05) is 31.8 Å². The number of unbranched alkanes of at least 4 members (excludes halogenated alkanes) is 3. The van der Waals surface area contributed by atoms with Gasteiger partial charge in [-0.1, -0.05) is 26.2 Å². The Bertz CT molecular complexity index is 260. The molecule has 0 radical (unpaired) electrons. The van der Waals surface area contributed by atoms with E-state index in [-0.39, 0.29) is 6.61 Å². The minimum atomic E-state index is -1.16. The average molecular weight is 258 g/mol. The first kappa shape index (κ1) is 16.6. The fourth-order valence-corrected chi connectivity index (χ4v) is 1.25. The number of rotatable bonds is 11. The lowest BCUT2D eigenvalue weighted by molar-refractivity contribution is -0.139. The molecule has 0 aliphatic carbocycles. The van der Waals surface area contributed by atoms with Crippen LogP contribution in [0.4, 0.5) is 0 Å². The van der Waals surface area contributed by atoms with Crippen LogP contribution in [-0.2, 0) is 19.1 Å². The van der Waals surface area contributed by atoms with Crippen LogP contribution in [0.2, 0.25) is 0 Å². The van der Waals surface area contributed by atoms with Crippen LogP contribution in [0, 0.1) is 0 Å². The molecule has 5 nitrogen and oxygen atoms in total. The van der Waals surface area contributed by atoms with Crippen molar-refractivity contribution in [2.75, 3.05) is 19.8 Å². The van der Waals surface area contributed by atoms with E-state index in [1.807, 2.05) is 0 Å². The van der Waals surface area contributed by atoms with Gasteiger partial charge >= 0.3 is 11.9 Å². The third kappa shape index (κ3) is 12.7. The highest BCUT2D eigenvalue weighted by Gasteiger charge is 1.98. The van der Waals surface area contributed by atoms with Gasteiger partial charge in [0.25, 0.3) is 0 Å². The first-order valence-corrected chi connectivity index (χ1v) is 6.32. The summed E-state index contributed by atoms with van der Waals surface area (Å²) in [6, 6.07) is 0. The molecule has 5 heteroatoms. The summed E-state index contributed by atoms with van der Waals surface area (Å²) >= 11 is 0. The molecule has 18 heavy (non-hydrogen) atoms. The summed E-state index contributed by atoms with van der Waals surface area (Å²) in [5, 5.41) is 8.28. The highest BCUT2D eigenvalue weighted by atomic mass is 16.5. The largest absolute Gasteiger partial charge is 0.478 e. The summed E-state index contributed by atoms with van der Waals surface area (Å²) in [6.07, 6.45) is 6.97. The zero-order valence-electron chi connectivity index (χ0n) is 10.9. The third-order valence-corrected chi connectivity index (χ3v) is 2.18. The van der Waals surface area contributed by atoms with Gasteiger partial charge < -0.3 is 14.6 Å². The number of carbonyl (C=O) groups is 2. The minimum Gasteiger partial charge on any atom is -0.478 e. The molecule has 0 aliphatic rings. The zero-order chi connectivity index (χ0) is 13.6. The molecule has 0 aromatic heterocycles. The number of hydrogen-bond donors (Lipinski definition) is 1. The van der Waals surface area contributed by atoms with Gasteiger partial charge in [0.2, 0.25) is 0 Å². The highest BCUT2D eigenvalue weighted by Crippen LogP contribution is 1.99. The van der Waals surface area contributed by atoms with Crippen LogP contribution in [0.5, 0.6) is 0 Å². The summed E-state index contributed by atoms with van der Waals surface area (Å²) in [7, 11) is 0. The van der Waals surface area contributed by atoms with Crippen molar-refractivity contribution in [3.63, 3.8) is 0 Å². The van der Waals surface area contributed by atoms with Crippen molar-refractivity contribution in [3.05, 3.63) is 12.2 Å². The van der Waals surface area contributed by atoms with E-state index in [0.29, 0.717) is 13.0 Å². The molecule has 1 N–H and O–H groups in total. The van der Waals surface area contributed by atoms with Gasteiger partial charge in [-0.2, -0.15) is 0 Å².